The van der Waals surface area contributed by atoms with E-state index >= 15 is 0 Å². The maximum Gasteiger partial charge on any atom is 0.420 e. The summed E-state index contributed by atoms with van der Waals surface area (Å²) < 4.78 is 44.2. The Morgan fingerprint density at radius 2 is 1.88 bits per heavy atom. The summed E-state index contributed by atoms with van der Waals surface area (Å²) in [5, 5.41) is 0. The van der Waals surface area contributed by atoms with Crippen molar-refractivity contribution in [2.75, 3.05) is 6.61 Å². The minimum absolute atomic E-state index is 0.0851. The van der Waals surface area contributed by atoms with Crippen LogP contribution in [0.15, 0.2) is 18.2 Å². The Morgan fingerprint density at radius 3 is 2.35 bits per heavy atom. The third-order valence-corrected chi connectivity index (χ3v) is 2.31. The van der Waals surface area contributed by atoms with E-state index in [1.807, 2.05) is 6.92 Å². The Kier molecular flexibility index (Phi) is 4.43. The number of hydrogen-bond donors (Lipinski definition) is 0. The van der Waals surface area contributed by atoms with Crippen molar-refractivity contribution in [3.63, 3.8) is 0 Å². The molecule has 0 fully saturated rings. The Bertz CT molecular complexity index is 369. The maximum atomic E-state index is 13.0. The predicted molar refractivity (Wildman–Crippen MR) is 60.9 cm³/mol. The van der Waals surface area contributed by atoms with Gasteiger partial charge >= 0.3 is 6.18 Å². The number of halogens is 3. The SMILES string of the molecule is CCCOc1cccc([C](C)C)c1C(F)(F)F. The zero-order valence-electron chi connectivity index (χ0n) is 10.2. The predicted octanol–water partition coefficient (Wildman–Crippen LogP) is 4.46. The smallest absolute Gasteiger partial charge is 0.420 e. The van der Waals surface area contributed by atoms with E-state index in [-0.39, 0.29) is 17.9 Å². The fourth-order valence-corrected chi connectivity index (χ4v) is 1.57. The van der Waals surface area contributed by atoms with E-state index in [2.05, 4.69) is 0 Å². The van der Waals surface area contributed by atoms with Crippen LogP contribution in [0.4, 0.5) is 13.2 Å². The molecule has 0 unspecified atom stereocenters. The highest BCUT2D eigenvalue weighted by Gasteiger charge is 2.37. The van der Waals surface area contributed by atoms with Gasteiger partial charge in [0.1, 0.15) is 11.3 Å². The van der Waals surface area contributed by atoms with Crippen molar-refractivity contribution in [2.45, 2.75) is 33.4 Å². The second-order valence-corrected chi connectivity index (χ2v) is 4.02. The molecule has 0 atom stereocenters. The summed E-state index contributed by atoms with van der Waals surface area (Å²) in [7, 11) is 0. The third kappa shape index (κ3) is 3.38. The van der Waals surface area contributed by atoms with Gasteiger partial charge in [-0.2, -0.15) is 13.2 Å². The van der Waals surface area contributed by atoms with Crippen LogP contribution in [0.5, 0.6) is 5.75 Å². The Labute approximate surface area is 99.6 Å². The summed E-state index contributed by atoms with van der Waals surface area (Å²) in [4.78, 5) is 0. The topological polar surface area (TPSA) is 9.23 Å². The molecule has 1 rings (SSSR count). The van der Waals surface area contributed by atoms with E-state index in [9.17, 15) is 13.2 Å². The fourth-order valence-electron chi connectivity index (χ4n) is 1.57. The molecule has 0 aliphatic carbocycles. The molecule has 0 amide bonds. The van der Waals surface area contributed by atoms with Gasteiger partial charge in [0, 0.05) is 0 Å². The summed E-state index contributed by atoms with van der Waals surface area (Å²) in [6.07, 6.45) is -3.71. The average Bonchev–Trinajstić information content (AvgIpc) is 2.24. The zero-order chi connectivity index (χ0) is 13.1. The van der Waals surface area contributed by atoms with Gasteiger partial charge in [0.25, 0.3) is 0 Å². The van der Waals surface area contributed by atoms with Gasteiger partial charge in [0.15, 0.2) is 0 Å². The van der Waals surface area contributed by atoms with Crippen LogP contribution in [0.1, 0.15) is 38.3 Å². The lowest BCUT2D eigenvalue weighted by molar-refractivity contribution is -0.139. The van der Waals surface area contributed by atoms with Crippen molar-refractivity contribution in [3.05, 3.63) is 35.2 Å². The van der Waals surface area contributed by atoms with Crippen LogP contribution in [0.2, 0.25) is 0 Å². The van der Waals surface area contributed by atoms with Crippen molar-refractivity contribution in [1.82, 2.24) is 0 Å². The van der Waals surface area contributed by atoms with Crippen molar-refractivity contribution in [3.8, 4) is 5.75 Å². The van der Waals surface area contributed by atoms with Crippen molar-refractivity contribution < 1.29 is 17.9 Å². The van der Waals surface area contributed by atoms with Crippen LogP contribution in [0, 0.1) is 5.92 Å². The standard InChI is InChI=1S/C13H16F3O/c1-4-8-17-11-7-5-6-10(9(2)3)12(11)13(14,15)16/h5-7H,4,8H2,1-3H3. The van der Waals surface area contributed by atoms with Crippen LogP contribution in [-0.4, -0.2) is 6.61 Å². The third-order valence-electron chi connectivity index (χ3n) is 2.31. The minimum atomic E-state index is -4.39. The molecular formula is C13H16F3O. The normalized spacial score (nSPS) is 11.9. The molecule has 4 heteroatoms. The molecule has 0 aromatic heterocycles. The van der Waals surface area contributed by atoms with Crippen molar-refractivity contribution in [1.29, 1.82) is 0 Å². The van der Waals surface area contributed by atoms with Gasteiger partial charge in [0.2, 0.25) is 0 Å². The van der Waals surface area contributed by atoms with E-state index in [0.717, 1.165) is 0 Å². The van der Waals surface area contributed by atoms with Crippen molar-refractivity contribution in [2.24, 2.45) is 0 Å². The zero-order valence-corrected chi connectivity index (χ0v) is 10.2. The average molecular weight is 245 g/mol. The van der Waals surface area contributed by atoms with Gasteiger partial charge < -0.3 is 4.74 Å². The van der Waals surface area contributed by atoms with Gasteiger partial charge in [-0.25, -0.2) is 0 Å². The molecule has 0 aliphatic rings. The Morgan fingerprint density at radius 1 is 1.24 bits per heavy atom. The number of rotatable bonds is 4. The summed E-state index contributed by atoms with van der Waals surface area (Å²) >= 11 is 0. The molecule has 1 nitrogen and oxygen atoms in total. The second-order valence-electron chi connectivity index (χ2n) is 4.02. The largest absolute Gasteiger partial charge is 0.493 e. The summed E-state index contributed by atoms with van der Waals surface area (Å²) in [5.41, 5.74) is -0.473. The van der Waals surface area contributed by atoms with E-state index < -0.39 is 11.7 Å². The number of alkyl halides is 3. The quantitative estimate of drug-likeness (QED) is 0.761. The first-order valence-electron chi connectivity index (χ1n) is 5.51. The monoisotopic (exact) mass is 245 g/mol. The lowest BCUT2D eigenvalue weighted by Crippen LogP contribution is -2.13. The molecule has 0 spiro atoms. The second kappa shape index (κ2) is 5.43. The highest BCUT2D eigenvalue weighted by molar-refractivity contribution is 5.47. The van der Waals surface area contributed by atoms with Gasteiger partial charge in [-0.1, -0.05) is 32.9 Å². The highest BCUT2D eigenvalue weighted by atomic mass is 19.4. The number of hydrogen-bond acceptors (Lipinski definition) is 1. The van der Waals surface area contributed by atoms with Gasteiger partial charge in [-0.3, -0.25) is 0 Å². The molecule has 0 saturated carbocycles. The molecule has 1 aromatic rings. The first kappa shape index (κ1) is 13.9. The fraction of sp³-hybridized carbons (Fsp3) is 0.462. The lowest BCUT2D eigenvalue weighted by atomic mass is 9.96. The first-order chi connectivity index (χ1) is 7.88. The summed E-state index contributed by atoms with van der Waals surface area (Å²) in [6, 6.07) is 4.42. The molecule has 0 aliphatic heterocycles. The van der Waals surface area contributed by atoms with Crippen LogP contribution >= 0.6 is 0 Å². The van der Waals surface area contributed by atoms with E-state index in [1.165, 1.54) is 12.1 Å². The summed E-state index contributed by atoms with van der Waals surface area (Å²) in [6.45, 7) is 5.46. The molecule has 0 heterocycles. The van der Waals surface area contributed by atoms with Crippen molar-refractivity contribution >= 4 is 0 Å². The molecule has 17 heavy (non-hydrogen) atoms. The lowest BCUT2D eigenvalue weighted by Gasteiger charge is -2.19. The minimum Gasteiger partial charge on any atom is -0.493 e. The molecule has 0 bridgehead atoms. The van der Waals surface area contributed by atoms with Gasteiger partial charge in [-0.05, 0) is 24.0 Å². The van der Waals surface area contributed by atoms with E-state index in [0.29, 0.717) is 12.3 Å². The van der Waals surface area contributed by atoms with Crippen LogP contribution in [-0.2, 0) is 6.18 Å². The molecule has 0 N–H and O–H groups in total. The van der Waals surface area contributed by atoms with Crippen LogP contribution in [0.25, 0.3) is 0 Å². The van der Waals surface area contributed by atoms with Gasteiger partial charge in [0.05, 0.1) is 6.61 Å². The molecular weight excluding hydrogens is 229 g/mol. The highest BCUT2D eigenvalue weighted by Crippen LogP contribution is 2.40. The number of benzene rings is 1. The first-order valence-corrected chi connectivity index (χ1v) is 5.51. The molecule has 1 radical (unpaired) electrons. The van der Waals surface area contributed by atoms with E-state index in [4.69, 9.17) is 4.74 Å². The molecule has 0 saturated heterocycles. The van der Waals surface area contributed by atoms with Gasteiger partial charge in [-0.15, -0.1) is 0 Å². The number of ether oxygens (including phenoxy) is 1. The van der Waals surface area contributed by atoms with E-state index in [1.54, 1.807) is 19.9 Å². The van der Waals surface area contributed by atoms with Crippen LogP contribution < -0.4 is 4.74 Å². The van der Waals surface area contributed by atoms with Crippen LogP contribution in [0.3, 0.4) is 0 Å². The maximum absolute atomic E-state index is 13.0. The molecule has 95 valence electrons. The Hall–Kier alpha value is -1.19. The molecule has 1 aromatic carbocycles. The summed E-state index contributed by atoms with van der Waals surface area (Å²) in [5.74, 6) is 0.539. The Balaban J connectivity index is 3.25.